The van der Waals surface area contributed by atoms with Gasteiger partial charge in [-0.25, -0.2) is 0 Å². The van der Waals surface area contributed by atoms with Crippen molar-refractivity contribution < 1.29 is 19.1 Å². The van der Waals surface area contributed by atoms with Crippen LogP contribution < -0.4 is 20.3 Å². The van der Waals surface area contributed by atoms with E-state index in [2.05, 4.69) is 10.6 Å². The molecule has 0 saturated carbocycles. The van der Waals surface area contributed by atoms with E-state index in [1.807, 2.05) is 45.0 Å². The lowest BCUT2D eigenvalue weighted by Crippen LogP contribution is -2.30. The van der Waals surface area contributed by atoms with Crippen molar-refractivity contribution in [2.24, 2.45) is 11.8 Å². The number of para-hydroxylation sites is 1. The minimum Gasteiger partial charge on any atom is -0.494 e. The van der Waals surface area contributed by atoms with Crippen LogP contribution in [0, 0.1) is 11.8 Å². The van der Waals surface area contributed by atoms with Gasteiger partial charge in [0.2, 0.25) is 11.8 Å². The molecule has 1 aliphatic rings. The van der Waals surface area contributed by atoms with E-state index in [9.17, 15) is 14.4 Å². The smallest absolute Gasteiger partial charge is 0.253 e. The van der Waals surface area contributed by atoms with E-state index in [-0.39, 0.29) is 24.1 Å². The Bertz CT molecular complexity index is 940. The van der Waals surface area contributed by atoms with Gasteiger partial charge in [-0.15, -0.1) is 0 Å². The SMILES string of the molecule is CCOc1ccc(N2C[C@@H](C(=O)Nc3ccccc3C(=O)NCC(C)C)CC2=O)cc1. The number of carbonyl (C=O) groups excluding carboxylic acids is 3. The molecule has 0 radical (unpaired) electrons. The molecule has 1 fully saturated rings. The van der Waals surface area contributed by atoms with Gasteiger partial charge in [0.1, 0.15) is 5.75 Å². The molecule has 1 saturated heterocycles. The van der Waals surface area contributed by atoms with Crippen molar-refractivity contribution in [1.29, 1.82) is 0 Å². The zero-order valence-electron chi connectivity index (χ0n) is 18.2. The van der Waals surface area contributed by atoms with Crippen LogP contribution >= 0.6 is 0 Å². The Kier molecular flexibility index (Phi) is 7.28. The average Bonchev–Trinajstić information content (AvgIpc) is 3.15. The predicted octanol–water partition coefficient (Wildman–Crippen LogP) is 3.46. The summed E-state index contributed by atoms with van der Waals surface area (Å²) in [5.74, 6) is -0.0459. The van der Waals surface area contributed by atoms with Crippen LogP contribution in [0.15, 0.2) is 48.5 Å². The van der Waals surface area contributed by atoms with Gasteiger partial charge < -0.3 is 20.3 Å². The van der Waals surface area contributed by atoms with Crippen molar-refractivity contribution in [1.82, 2.24) is 5.32 Å². The van der Waals surface area contributed by atoms with Crippen LogP contribution in [-0.2, 0) is 9.59 Å². The fraction of sp³-hybridized carbons (Fsp3) is 0.375. The van der Waals surface area contributed by atoms with Gasteiger partial charge in [0.25, 0.3) is 5.91 Å². The molecule has 7 nitrogen and oxygen atoms in total. The number of ether oxygens (including phenoxy) is 1. The first kappa shape index (κ1) is 22.3. The lowest BCUT2D eigenvalue weighted by molar-refractivity contribution is -0.122. The number of rotatable bonds is 8. The van der Waals surface area contributed by atoms with E-state index in [4.69, 9.17) is 4.74 Å². The summed E-state index contributed by atoms with van der Waals surface area (Å²) in [7, 11) is 0. The second-order valence-electron chi connectivity index (χ2n) is 7.97. The molecule has 0 aromatic heterocycles. The summed E-state index contributed by atoms with van der Waals surface area (Å²) >= 11 is 0. The Morgan fingerprint density at radius 2 is 1.84 bits per heavy atom. The summed E-state index contributed by atoms with van der Waals surface area (Å²) in [5.41, 5.74) is 1.59. The summed E-state index contributed by atoms with van der Waals surface area (Å²) < 4.78 is 5.44. The van der Waals surface area contributed by atoms with Crippen molar-refractivity contribution in [2.75, 3.05) is 29.9 Å². The van der Waals surface area contributed by atoms with Gasteiger partial charge in [0, 0.05) is 25.2 Å². The number of amides is 3. The van der Waals surface area contributed by atoms with Crippen molar-refractivity contribution in [3.05, 3.63) is 54.1 Å². The predicted molar refractivity (Wildman–Crippen MR) is 120 cm³/mol. The molecule has 0 unspecified atom stereocenters. The third-order valence-corrected chi connectivity index (χ3v) is 5.06. The summed E-state index contributed by atoms with van der Waals surface area (Å²) in [4.78, 5) is 39.5. The second kappa shape index (κ2) is 10.1. The first-order chi connectivity index (χ1) is 14.9. The molecule has 2 aromatic rings. The lowest BCUT2D eigenvalue weighted by Gasteiger charge is -2.18. The van der Waals surface area contributed by atoms with Crippen LogP contribution in [0.5, 0.6) is 5.75 Å². The monoisotopic (exact) mass is 423 g/mol. The standard InChI is InChI=1S/C24H29N3O4/c1-4-31-19-11-9-18(10-12-19)27-15-17(13-22(27)28)23(29)26-21-8-6-5-7-20(21)24(30)25-14-16(2)3/h5-12,16-17H,4,13-15H2,1-3H3,(H,25,30)(H,26,29)/t17-/m0/s1. The zero-order valence-corrected chi connectivity index (χ0v) is 18.2. The van der Waals surface area contributed by atoms with E-state index >= 15 is 0 Å². The third kappa shape index (κ3) is 5.63. The highest BCUT2D eigenvalue weighted by molar-refractivity contribution is 6.07. The molecule has 31 heavy (non-hydrogen) atoms. The molecule has 2 N–H and O–H groups in total. The molecular weight excluding hydrogens is 394 g/mol. The van der Waals surface area contributed by atoms with Crippen LogP contribution in [-0.4, -0.2) is 37.4 Å². The molecule has 0 spiro atoms. The number of hydrogen-bond donors (Lipinski definition) is 2. The minimum atomic E-state index is -0.495. The first-order valence-electron chi connectivity index (χ1n) is 10.6. The van der Waals surface area contributed by atoms with Gasteiger partial charge in [-0.3, -0.25) is 14.4 Å². The van der Waals surface area contributed by atoms with Crippen molar-refractivity contribution >= 4 is 29.1 Å². The lowest BCUT2D eigenvalue weighted by atomic mass is 10.1. The fourth-order valence-electron chi connectivity index (χ4n) is 3.44. The maximum Gasteiger partial charge on any atom is 0.253 e. The highest BCUT2D eigenvalue weighted by Crippen LogP contribution is 2.28. The van der Waals surface area contributed by atoms with E-state index in [1.165, 1.54) is 0 Å². The molecule has 164 valence electrons. The Morgan fingerprint density at radius 3 is 2.52 bits per heavy atom. The Labute approximate surface area is 182 Å². The van der Waals surface area contributed by atoms with Gasteiger partial charge in [0.15, 0.2) is 0 Å². The summed E-state index contributed by atoms with van der Waals surface area (Å²) in [5, 5.41) is 5.71. The third-order valence-electron chi connectivity index (χ3n) is 5.06. The largest absolute Gasteiger partial charge is 0.494 e. The molecule has 3 amide bonds. The topological polar surface area (TPSA) is 87.7 Å². The number of hydrogen-bond acceptors (Lipinski definition) is 4. The Balaban J connectivity index is 1.67. The molecular formula is C24H29N3O4. The second-order valence-corrected chi connectivity index (χ2v) is 7.97. The van der Waals surface area contributed by atoms with E-state index in [1.54, 1.807) is 29.2 Å². The molecule has 1 aliphatic heterocycles. The zero-order chi connectivity index (χ0) is 22.4. The molecule has 0 bridgehead atoms. The number of anilines is 2. The van der Waals surface area contributed by atoms with Crippen molar-refractivity contribution in [3.8, 4) is 5.75 Å². The number of nitrogens with zero attached hydrogens (tertiary/aromatic N) is 1. The highest BCUT2D eigenvalue weighted by atomic mass is 16.5. The number of benzene rings is 2. The molecule has 7 heteroatoms. The van der Waals surface area contributed by atoms with Crippen molar-refractivity contribution in [2.45, 2.75) is 27.2 Å². The summed E-state index contributed by atoms with van der Waals surface area (Å²) in [6, 6.07) is 14.2. The molecule has 2 aromatic carbocycles. The molecule has 1 atom stereocenters. The number of nitrogens with one attached hydrogen (secondary N) is 2. The van der Waals surface area contributed by atoms with Gasteiger partial charge >= 0.3 is 0 Å². The van der Waals surface area contributed by atoms with E-state index in [0.29, 0.717) is 36.9 Å². The van der Waals surface area contributed by atoms with Gasteiger partial charge in [-0.2, -0.15) is 0 Å². The fourth-order valence-corrected chi connectivity index (χ4v) is 3.44. The summed E-state index contributed by atoms with van der Waals surface area (Å²) in [6.45, 7) is 7.35. The average molecular weight is 424 g/mol. The van der Waals surface area contributed by atoms with Crippen LogP contribution in [0.25, 0.3) is 0 Å². The summed E-state index contributed by atoms with van der Waals surface area (Å²) in [6.07, 6.45) is 0.126. The van der Waals surface area contributed by atoms with Crippen molar-refractivity contribution in [3.63, 3.8) is 0 Å². The maximum atomic E-state index is 12.9. The van der Waals surface area contributed by atoms with Crippen LogP contribution in [0.1, 0.15) is 37.6 Å². The minimum absolute atomic E-state index is 0.104. The quantitative estimate of drug-likeness (QED) is 0.681. The van der Waals surface area contributed by atoms with Gasteiger partial charge in [0.05, 0.1) is 23.8 Å². The Morgan fingerprint density at radius 1 is 1.13 bits per heavy atom. The Hall–Kier alpha value is -3.35. The molecule has 3 rings (SSSR count). The van der Waals surface area contributed by atoms with E-state index in [0.717, 1.165) is 11.4 Å². The normalized spacial score (nSPS) is 15.8. The van der Waals surface area contributed by atoms with E-state index < -0.39 is 5.92 Å². The maximum absolute atomic E-state index is 12.9. The first-order valence-corrected chi connectivity index (χ1v) is 10.6. The van der Waals surface area contributed by atoms with Crippen LogP contribution in [0.4, 0.5) is 11.4 Å². The van der Waals surface area contributed by atoms with Gasteiger partial charge in [-0.1, -0.05) is 26.0 Å². The van der Waals surface area contributed by atoms with Gasteiger partial charge in [-0.05, 0) is 49.2 Å². The number of carbonyl (C=O) groups is 3. The van der Waals surface area contributed by atoms with Crippen LogP contribution in [0.3, 0.4) is 0 Å². The highest BCUT2D eigenvalue weighted by Gasteiger charge is 2.35. The molecule has 0 aliphatic carbocycles. The van der Waals surface area contributed by atoms with Crippen LogP contribution in [0.2, 0.25) is 0 Å². The molecule has 1 heterocycles.